The van der Waals surface area contributed by atoms with Crippen LogP contribution in [-0.4, -0.2) is 9.78 Å². The maximum atomic E-state index is 6.13. The summed E-state index contributed by atoms with van der Waals surface area (Å²) in [5, 5.41) is 5.25. The summed E-state index contributed by atoms with van der Waals surface area (Å²) in [6.45, 7) is 4.35. The van der Waals surface area contributed by atoms with Gasteiger partial charge in [-0.3, -0.25) is 0 Å². The van der Waals surface area contributed by atoms with Crippen LogP contribution in [0.3, 0.4) is 0 Å². The molecule has 0 fully saturated rings. The van der Waals surface area contributed by atoms with Gasteiger partial charge in [0.15, 0.2) is 0 Å². The third kappa shape index (κ3) is 2.86. The van der Waals surface area contributed by atoms with Crippen molar-refractivity contribution in [1.29, 1.82) is 0 Å². The van der Waals surface area contributed by atoms with Gasteiger partial charge in [-0.2, -0.15) is 5.10 Å². The van der Waals surface area contributed by atoms with Gasteiger partial charge in [-0.25, -0.2) is 4.68 Å². The van der Waals surface area contributed by atoms with Crippen molar-refractivity contribution in [2.45, 2.75) is 19.8 Å². The number of aromatic nitrogens is 2. The van der Waals surface area contributed by atoms with Crippen molar-refractivity contribution in [3.63, 3.8) is 0 Å². The number of para-hydroxylation sites is 1. The molecule has 0 saturated carbocycles. The van der Waals surface area contributed by atoms with Crippen molar-refractivity contribution in [3.8, 4) is 16.8 Å². The molecule has 0 aliphatic carbocycles. The molecule has 0 saturated heterocycles. The van der Waals surface area contributed by atoms with Crippen molar-refractivity contribution in [2.24, 2.45) is 0 Å². The van der Waals surface area contributed by atoms with Crippen LogP contribution < -0.4 is 0 Å². The fourth-order valence-electron chi connectivity index (χ4n) is 2.46. The van der Waals surface area contributed by atoms with Crippen LogP contribution in [0.4, 0.5) is 0 Å². The minimum Gasteiger partial charge on any atom is -0.240 e. The van der Waals surface area contributed by atoms with Crippen molar-refractivity contribution in [2.75, 3.05) is 0 Å². The van der Waals surface area contributed by atoms with E-state index in [-0.39, 0.29) is 0 Å². The van der Waals surface area contributed by atoms with E-state index in [1.54, 1.807) is 0 Å². The molecule has 1 aromatic heterocycles. The second-order valence-electron chi connectivity index (χ2n) is 5.40. The average molecular weight is 297 g/mol. The molecule has 0 N–H and O–H groups in total. The summed E-state index contributed by atoms with van der Waals surface area (Å²) in [6, 6.07) is 16.2. The number of hydrogen-bond donors (Lipinski definition) is 0. The van der Waals surface area contributed by atoms with Crippen molar-refractivity contribution in [1.82, 2.24) is 9.78 Å². The van der Waals surface area contributed by atoms with E-state index in [0.29, 0.717) is 5.92 Å². The zero-order valence-electron chi connectivity index (χ0n) is 12.1. The molecule has 0 spiro atoms. The monoisotopic (exact) mass is 296 g/mol. The second-order valence-corrected chi connectivity index (χ2v) is 5.83. The van der Waals surface area contributed by atoms with Gasteiger partial charge in [0.1, 0.15) is 0 Å². The highest BCUT2D eigenvalue weighted by atomic mass is 35.5. The molecule has 2 aromatic carbocycles. The van der Waals surface area contributed by atoms with Crippen molar-refractivity contribution in [3.05, 3.63) is 71.5 Å². The Bertz CT molecular complexity index is 745. The lowest BCUT2D eigenvalue weighted by molar-refractivity contribution is 0.869. The fraction of sp³-hybridized carbons (Fsp3) is 0.167. The van der Waals surface area contributed by atoms with E-state index in [0.717, 1.165) is 16.3 Å². The van der Waals surface area contributed by atoms with Crippen LogP contribution in [0, 0.1) is 0 Å². The standard InChI is InChI=1S/C18H17ClN2/c1-13(2)18-10-15(19)8-9-17(18)14-11-20-21(12-14)16-6-4-3-5-7-16/h3-13H,1-2H3. The SMILES string of the molecule is CC(C)c1cc(Cl)ccc1-c1cnn(-c2ccccc2)c1. The molecule has 1 heterocycles. The summed E-state index contributed by atoms with van der Waals surface area (Å²) in [5.41, 5.74) is 4.61. The maximum absolute atomic E-state index is 6.13. The summed E-state index contributed by atoms with van der Waals surface area (Å²) in [6.07, 6.45) is 3.96. The molecule has 0 unspecified atom stereocenters. The highest BCUT2D eigenvalue weighted by Gasteiger charge is 2.11. The lowest BCUT2D eigenvalue weighted by Crippen LogP contribution is -1.93. The average Bonchev–Trinajstić information content (AvgIpc) is 2.97. The number of benzene rings is 2. The molecule has 3 aromatic rings. The fourth-order valence-corrected chi connectivity index (χ4v) is 2.64. The topological polar surface area (TPSA) is 17.8 Å². The Balaban J connectivity index is 2.05. The number of halogens is 1. The molecule has 106 valence electrons. The molecule has 2 nitrogen and oxygen atoms in total. The Hall–Kier alpha value is -2.06. The van der Waals surface area contributed by atoms with Crippen LogP contribution in [0.15, 0.2) is 60.9 Å². The summed E-state index contributed by atoms with van der Waals surface area (Å²) in [5.74, 6) is 0.416. The van der Waals surface area contributed by atoms with Crippen LogP contribution in [0.1, 0.15) is 25.3 Å². The largest absolute Gasteiger partial charge is 0.240 e. The molecular formula is C18H17ClN2. The highest BCUT2D eigenvalue weighted by Crippen LogP contribution is 2.31. The van der Waals surface area contributed by atoms with E-state index in [9.17, 15) is 0 Å². The van der Waals surface area contributed by atoms with Crippen LogP contribution >= 0.6 is 11.6 Å². The van der Waals surface area contributed by atoms with E-state index in [2.05, 4.69) is 31.2 Å². The van der Waals surface area contributed by atoms with Gasteiger partial charge in [0.2, 0.25) is 0 Å². The zero-order chi connectivity index (χ0) is 14.8. The van der Waals surface area contributed by atoms with E-state index in [1.807, 2.05) is 53.3 Å². The first-order chi connectivity index (χ1) is 10.1. The molecular weight excluding hydrogens is 280 g/mol. The van der Waals surface area contributed by atoms with Gasteiger partial charge in [0.25, 0.3) is 0 Å². The third-order valence-corrected chi connectivity index (χ3v) is 3.79. The molecule has 0 aliphatic heterocycles. The first-order valence-electron chi connectivity index (χ1n) is 7.05. The quantitative estimate of drug-likeness (QED) is 0.640. The zero-order valence-corrected chi connectivity index (χ0v) is 12.9. The van der Waals surface area contributed by atoms with E-state index in [1.165, 1.54) is 11.1 Å². The first-order valence-corrected chi connectivity index (χ1v) is 7.43. The molecule has 3 rings (SSSR count). The van der Waals surface area contributed by atoms with Crippen LogP contribution in [0.25, 0.3) is 16.8 Å². The Labute approximate surface area is 130 Å². The van der Waals surface area contributed by atoms with Gasteiger partial charge >= 0.3 is 0 Å². The molecule has 0 radical (unpaired) electrons. The summed E-state index contributed by atoms with van der Waals surface area (Å²) >= 11 is 6.13. The summed E-state index contributed by atoms with van der Waals surface area (Å²) < 4.78 is 1.90. The Morgan fingerprint density at radius 2 is 1.81 bits per heavy atom. The second kappa shape index (κ2) is 5.74. The predicted octanol–water partition coefficient (Wildman–Crippen LogP) is 5.32. The molecule has 0 atom stereocenters. The van der Waals surface area contributed by atoms with Gasteiger partial charge < -0.3 is 0 Å². The predicted molar refractivity (Wildman–Crippen MR) is 88.1 cm³/mol. The van der Waals surface area contributed by atoms with Gasteiger partial charge in [0.05, 0.1) is 11.9 Å². The van der Waals surface area contributed by atoms with E-state index in [4.69, 9.17) is 11.6 Å². The Kier molecular flexibility index (Phi) is 3.80. The summed E-state index contributed by atoms with van der Waals surface area (Å²) in [4.78, 5) is 0. The molecule has 21 heavy (non-hydrogen) atoms. The van der Waals surface area contributed by atoms with Crippen LogP contribution in [0.2, 0.25) is 5.02 Å². The normalized spacial score (nSPS) is 11.0. The molecule has 0 bridgehead atoms. The van der Waals surface area contributed by atoms with E-state index < -0.39 is 0 Å². The van der Waals surface area contributed by atoms with Gasteiger partial charge in [0, 0.05) is 16.8 Å². The maximum Gasteiger partial charge on any atom is 0.0645 e. The third-order valence-electron chi connectivity index (χ3n) is 3.55. The number of hydrogen-bond acceptors (Lipinski definition) is 1. The van der Waals surface area contributed by atoms with Crippen molar-refractivity contribution >= 4 is 11.6 Å². The smallest absolute Gasteiger partial charge is 0.0645 e. The number of nitrogens with zero attached hydrogens (tertiary/aromatic N) is 2. The number of rotatable bonds is 3. The Morgan fingerprint density at radius 3 is 2.52 bits per heavy atom. The van der Waals surface area contributed by atoms with Gasteiger partial charge in [-0.1, -0.05) is 49.7 Å². The first kappa shape index (κ1) is 13.9. The van der Waals surface area contributed by atoms with Gasteiger partial charge in [-0.05, 0) is 41.3 Å². The molecule has 3 heteroatoms. The highest BCUT2D eigenvalue weighted by molar-refractivity contribution is 6.30. The minimum atomic E-state index is 0.416. The Morgan fingerprint density at radius 1 is 1.05 bits per heavy atom. The van der Waals surface area contributed by atoms with Gasteiger partial charge in [-0.15, -0.1) is 0 Å². The summed E-state index contributed by atoms with van der Waals surface area (Å²) in [7, 11) is 0. The van der Waals surface area contributed by atoms with Crippen molar-refractivity contribution < 1.29 is 0 Å². The lowest BCUT2D eigenvalue weighted by Gasteiger charge is -2.11. The minimum absolute atomic E-state index is 0.416. The molecule has 0 amide bonds. The van der Waals surface area contributed by atoms with Crippen LogP contribution in [0.5, 0.6) is 0 Å². The molecule has 0 aliphatic rings. The lowest BCUT2D eigenvalue weighted by atomic mass is 9.94. The van der Waals surface area contributed by atoms with E-state index >= 15 is 0 Å². The van der Waals surface area contributed by atoms with Crippen LogP contribution in [-0.2, 0) is 0 Å².